The van der Waals surface area contributed by atoms with Crippen LogP contribution in [-0.4, -0.2) is 62.4 Å². The molecule has 11 nitrogen and oxygen atoms in total. The molecule has 1 aromatic carbocycles. The van der Waals surface area contributed by atoms with Gasteiger partial charge in [0.15, 0.2) is 11.8 Å². The summed E-state index contributed by atoms with van der Waals surface area (Å²) in [4.78, 5) is 18.5. The summed E-state index contributed by atoms with van der Waals surface area (Å²) in [5.74, 6) is -2.16. The molecule has 1 aliphatic rings. The number of ether oxygens (including phenoxy) is 2. The van der Waals surface area contributed by atoms with Crippen LogP contribution in [0.3, 0.4) is 0 Å². The molecule has 0 spiro atoms. The third-order valence-corrected chi connectivity index (χ3v) is 6.93. The van der Waals surface area contributed by atoms with Crippen molar-refractivity contribution in [1.29, 1.82) is 5.26 Å². The lowest BCUT2D eigenvalue weighted by atomic mass is 10.2. The van der Waals surface area contributed by atoms with Crippen molar-refractivity contribution in [3.05, 3.63) is 45.6 Å². The van der Waals surface area contributed by atoms with Crippen molar-refractivity contribution in [2.24, 2.45) is 0 Å². The molecule has 0 bridgehead atoms. The molecule has 2 heterocycles. The molecule has 0 saturated carbocycles. The van der Waals surface area contributed by atoms with Gasteiger partial charge in [-0.05, 0) is 19.1 Å². The Morgan fingerprint density at radius 1 is 1.37 bits per heavy atom. The lowest BCUT2D eigenvalue weighted by Crippen LogP contribution is -2.49. The van der Waals surface area contributed by atoms with Crippen molar-refractivity contribution in [2.45, 2.75) is 29.3 Å². The monoisotopic (exact) mass is 519 g/mol. The normalized spacial score (nSPS) is 17.5. The fourth-order valence-electron chi connectivity index (χ4n) is 3.43. The topological polar surface area (TPSA) is 149 Å². The number of morpholine rings is 1. The number of rotatable bonds is 6. The number of methoxy groups -OCH3 is 1. The summed E-state index contributed by atoms with van der Waals surface area (Å²) in [6, 6.07) is 4.08. The van der Waals surface area contributed by atoms with Gasteiger partial charge in [-0.25, -0.2) is 22.8 Å². The molecule has 1 aromatic heterocycles. The number of nitro groups is 1. The third kappa shape index (κ3) is 5.10. The summed E-state index contributed by atoms with van der Waals surface area (Å²) in [5, 5.41) is 19.3. The molecule has 16 heteroatoms. The smallest absolute Gasteiger partial charge is 0.416 e. The molecule has 1 fully saturated rings. The van der Waals surface area contributed by atoms with E-state index in [4.69, 9.17) is 4.74 Å². The van der Waals surface area contributed by atoms with Crippen LogP contribution in [0.25, 0.3) is 0 Å². The minimum absolute atomic E-state index is 0.0207. The van der Waals surface area contributed by atoms with E-state index < -0.39 is 73.4 Å². The quantitative estimate of drug-likeness (QED) is 0.317. The van der Waals surface area contributed by atoms with Crippen LogP contribution in [0, 0.1) is 34.2 Å². The molecule has 1 aliphatic heterocycles. The second-order valence-corrected chi connectivity index (χ2v) is 9.28. The summed E-state index contributed by atoms with van der Waals surface area (Å²) < 4.78 is 89.9. The minimum Gasteiger partial charge on any atom is -0.497 e. The number of hydrogen-bond acceptors (Lipinski definition) is 10. The van der Waals surface area contributed by atoms with Gasteiger partial charge in [0.05, 0.1) is 31.3 Å². The van der Waals surface area contributed by atoms with Crippen LogP contribution in [0.5, 0.6) is 5.75 Å². The second kappa shape index (κ2) is 9.58. The van der Waals surface area contributed by atoms with Crippen LogP contribution in [0.2, 0.25) is 0 Å². The zero-order chi connectivity index (χ0) is 26.1. The highest BCUT2D eigenvalue weighted by atomic mass is 32.2. The first kappa shape index (κ1) is 26.0. The predicted molar refractivity (Wildman–Crippen MR) is 110 cm³/mol. The number of nitrogens with zero attached hydrogens (tertiary/aromatic N) is 5. The Labute approximate surface area is 196 Å². The average molecular weight is 519 g/mol. The summed E-state index contributed by atoms with van der Waals surface area (Å²) in [7, 11) is -3.71. The average Bonchev–Trinajstić information content (AvgIpc) is 2.78. The molecule has 0 amide bonds. The Kier molecular flexibility index (Phi) is 7.13. The number of anilines is 1. The molecule has 35 heavy (non-hydrogen) atoms. The molecule has 1 saturated heterocycles. The highest BCUT2D eigenvalue weighted by Crippen LogP contribution is 2.40. The van der Waals surface area contributed by atoms with Crippen molar-refractivity contribution < 1.29 is 40.4 Å². The van der Waals surface area contributed by atoms with Crippen molar-refractivity contribution in [1.82, 2.24) is 9.97 Å². The fourth-order valence-corrected chi connectivity index (χ4v) is 4.87. The largest absolute Gasteiger partial charge is 0.497 e. The first-order valence-electron chi connectivity index (χ1n) is 9.74. The number of halogens is 4. The Balaban J connectivity index is 2.18. The molecular formula is C19H17F4N5O6S. The van der Waals surface area contributed by atoms with Crippen LogP contribution in [0.1, 0.15) is 16.8 Å². The van der Waals surface area contributed by atoms with Gasteiger partial charge in [0.2, 0.25) is 20.9 Å². The van der Waals surface area contributed by atoms with Gasteiger partial charge in [-0.1, -0.05) is 0 Å². The maximum Gasteiger partial charge on any atom is 0.416 e. The summed E-state index contributed by atoms with van der Waals surface area (Å²) >= 11 is 0. The molecular weight excluding hydrogens is 502 g/mol. The van der Waals surface area contributed by atoms with Crippen LogP contribution < -0.4 is 9.64 Å². The SMILES string of the molecule is COc1ccc(S(=O)(=O)C(C#N)c2nc(C)nc(N3CCO[C@H](C(F)(F)F)C3)c2[N+](=O)[O-])c(F)c1. The van der Waals surface area contributed by atoms with E-state index in [0.29, 0.717) is 0 Å². The van der Waals surface area contributed by atoms with Crippen molar-refractivity contribution in [3.63, 3.8) is 0 Å². The maximum atomic E-state index is 14.5. The third-order valence-electron chi connectivity index (χ3n) is 5.04. The second-order valence-electron chi connectivity index (χ2n) is 7.28. The minimum atomic E-state index is -4.92. The van der Waals surface area contributed by atoms with E-state index in [1.165, 1.54) is 20.1 Å². The van der Waals surface area contributed by atoms with Gasteiger partial charge in [-0.3, -0.25) is 10.1 Å². The first-order valence-corrected chi connectivity index (χ1v) is 11.3. The van der Waals surface area contributed by atoms with Gasteiger partial charge in [0.1, 0.15) is 22.3 Å². The molecule has 1 unspecified atom stereocenters. The number of sulfone groups is 1. The van der Waals surface area contributed by atoms with Crippen LogP contribution >= 0.6 is 0 Å². The van der Waals surface area contributed by atoms with E-state index in [0.717, 1.165) is 23.1 Å². The van der Waals surface area contributed by atoms with E-state index in [9.17, 15) is 41.4 Å². The van der Waals surface area contributed by atoms with E-state index >= 15 is 0 Å². The lowest BCUT2D eigenvalue weighted by Gasteiger charge is -2.34. The van der Waals surface area contributed by atoms with Gasteiger partial charge in [-0.15, -0.1) is 0 Å². The Morgan fingerprint density at radius 3 is 2.60 bits per heavy atom. The van der Waals surface area contributed by atoms with Gasteiger partial charge in [-0.2, -0.15) is 18.4 Å². The van der Waals surface area contributed by atoms with Crippen LogP contribution in [0.4, 0.5) is 29.1 Å². The van der Waals surface area contributed by atoms with Crippen LogP contribution in [0.15, 0.2) is 23.1 Å². The summed E-state index contributed by atoms with van der Waals surface area (Å²) in [6.45, 7) is -0.331. The fraction of sp³-hybridized carbons (Fsp3) is 0.421. The number of aryl methyl sites for hydroxylation is 1. The van der Waals surface area contributed by atoms with Crippen LogP contribution in [-0.2, 0) is 14.6 Å². The van der Waals surface area contributed by atoms with E-state index in [1.54, 1.807) is 0 Å². The van der Waals surface area contributed by atoms with Gasteiger partial charge < -0.3 is 14.4 Å². The summed E-state index contributed by atoms with van der Waals surface area (Å²) in [5.41, 5.74) is -1.98. The molecule has 2 aromatic rings. The highest BCUT2D eigenvalue weighted by molar-refractivity contribution is 7.92. The summed E-state index contributed by atoms with van der Waals surface area (Å²) in [6.07, 6.45) is -7.05. The number of aromatic nitrogens is 2. The van der Waals surface area contributed by atoms with Gasteiger partial charge >= 0.3 is 11.9 Å². The van der Waals surface area contributed by atoms with Crippen molar-refractivity contribution in [2.75, 3.05) is 31.7 Å². The van der Waals surface area contributed by atoms with E-state index in [-0.39, 0.29) is 18.1 Å². The number of alkyl halides is 3. The zero-order valence-electron chi connectivity index (χ0n) is 18.1. The Morgan fingerprint density at radius 2 is 2.06 bits per heavy atom. The first-order chi connectivity index (χ1) is 16.3. The molecule has 0 aliphatic carbocycles. The number of nitriles is 1. The molecule has 3 rings (SSSR count). The molecule has 0 radical (unpaired) electrons. The molecule has 0 N–H and O–H groups in total. The van der Waals surface area contributed by atoms with Gasteiger partial charge in [0.25, 0.3) is 0 Å². The lowest BCUT2D eigenvalue weighted by molar-refractivity contribution is -0.385. The Bertz CT molecular complexity index is 1300. The predicted octanol–water partition coefficient (Wildman–Crippen LogP) is 2.65. The molecule has 188 valence electrons. The van der Waals surface area contributed by atoms with E-state index in [1.807, 2.05) is 0 Å². The van der Waals surface area contributed by atoms with Crippen molar-refractivity contribution in [3.8, 4) is 11.8 Å². The Hall–Kier alpha value is -3.58. The number of hydrogen-bond donors (Lipinski definition) is 0. The highest BCUT2D eigenvalue weighted by Gasteiger charge is 2.46. The maximum absolute atomic E-state index is 14.5. The number of benzene rings is 1. The van der Waals surface area contributed by atoms with Gasteiger partial charge in [0, 0.05) is 12.6 Å². The molecule has 2 atom stereocenters. The zero-order valence-corrected chi connectivity index (χ0v) is 18.9. The van der Waals surface area contributed by atoms with E-state index in [2.05, 4.69) is 14.7 Å². The standard InChI is InChI=1S/C19H17F4N5O6S/c1-10-25-16(14(8-24)35(31,32)13-4-3-11(33-2)7-12(13)20)17(28(29)30)18(26-10)27-5-6-34-15(9-27)19(21,22)23/h3-4,7,14-15H,5-6,9H2,1-2H3/t14?,15-/m0/s1. The van der Waals surface area contributed by atoms with Crippen molar-refractivity contribution >= 4 is 21.3 Å².